The molecule has 0 unspecified atom stereocenters. The Morgan fingerprint density at radius 3 is 2.00 bits per heavy atom. The van der Waals surface area contributed by atoms with Gasteiger partial charge in [-0.1, -0.05) is 12.1 Å². The molecule has 2 aromatic carbocycles. The molecule has 7 heteroatoms. The molecule has 0 atom stereocenters. The van der Waals surface area contributed by atoms with Gasteiger partial charge in [0.25, 0.3) is 0 Å². The highest BCUT2D eigenvalue weighted by Crippen LogP contribution is 2.38. The largest absolute Gasteiger partial charge is 0.496 e. The van der Waals surface area contributed by atoms with Crippen LogP contribution in [0.25, 0.3) is 0 Å². The van der Waals surface area contributed by atoms with Crippen LogP contribution in [0, 0.1) is 0 Å². The van der Waals surface area contributed by atoms with Crippen molar-refractivity contribution >= 4 is 11.8 Å². The summed E-state index contributed by atoms with van der Waals surface area (Å²) in [6.07, 6.45) is 0.510. The Labute approximate surface area is 164 Å². The van der Waals surface area contributed by atoms with Crippen LogP contribution in [0.3, 0.4) is 0 Å². The molecule has 2 aromatic rings. The second-order valence-corrected chi connectivity index (χ2v) is 5.82. The number of aryl methyl sites for hydroxylation is 1. The van der Waals surface area contributed by atoms with Gasteiger partial charge in [-0.15, -0.1) is 0 Å². The second kappa shape index (κ2) is 10.2. The fourth-order valence-electron chi connectivity index (χ4n) is 2.70. The van der Waals surface area contributed by atoms with Gasteiger partial charge in [0.2, 0.25) is 11.5 Å². The van der Waals surface area contributed by atoms with E-state index in [9.17, 15) is 9.59 Å². The first-order chi connectivity index (χ1) is 13.5. The third kappa shape index (κ3) is 5.16. The Morgan fingerprint density at radius 1 is 0.821 bits per heavy atom. The molecule has 0 heterocycles. The number of ketones is 1. The summed E-state index contributed by atoms with van der Waals surface area (Å²) in [7, 11) is 6.06. The van der Waals surface area contributed by atoms with Crippen LogP contribution in [-0.4, -0.2) is 46.8 Å². The summed E-state index contributed by atoms with van der Waals surface area (Å²) in [6, 6.07) is 10.3. The van der Waals surface area contributed by atoms with Crippen LogP contribution in [0.15, 0.2) is 36.4 Å². The maximum absolute atomic E-state index is 12.2. The Hall–Kier alpha value is -3.22. The van der Waals surface area contributed by atoms with E-state index in [4.69, 9.17) is 23.7 Å². The molecule has 0 radical (unpaired) electrons. The molecular weight excluding hydrogens is 364 g/mol. The third-order valence-electron chi connectivity index (χ3n) is 4.11. The minimum absolute atomic E-state index is 0.109. The van der Waals surface area contributed by atoms with Crippen LogP contribution in [0.4, 0.5) is 0 Å². The third-order valence-corrected chi connectivity index (χ3v) is 4.11. The average molecular weight is 388 g/mol. The maximum Gasteiger partial charge on any atom is 0.306 e. The van der Waals surface area contributed by atoms with Crippen molar-refractivity contribution in [2.24, 2.45) is 0 Å². The smallest absolute Gasteiger partial charge is 0.306 e. The van der Waals surface area contributed by atoms with Crippen molar-refractivity contribution in [1.82, 2.24) is 0 Å². The molecule has 0 spiro atoms. The quantitative estimate of drug-likeness (QED) is 0.457. The monoisotopic (exact) mass is 388 g/mol. The Bertz CT molecular complexity index is 804. The fraction of sp³-hybridized carbons (Fsp3) is 0.333. The topological polar surface area (TPSA) is 80.3 Å². The molecule has 0 fully saturated rings. The zero-order valence-electron chi connectivity index (χ0n) is 16.4. The number of hydrogen-bond acceptors (Lipinski definition) is 7. The van der Waals surface area contributed by atoms with Gasteiger partial charge < -0.3 is 23.7 Å². The molecule has 0 amide bonds. The van der Waals surface area contributed by atoms with E-state index in [0.29, 0.717) is 35.0 Å². The second-order valence-electron chi connectivity index (χ2n) is 5.82. The van der Waals surface area contributed by atoms with Crippen LogP contribution < -0.4 is 18.9 Å². The number of para-hydroxylation sites is 1. The van der Waals surface area contributed by atoms with Crippen molar-refractivity contribution in [3.8, 4) is 23.0 Å². The highest BCUT2D eigenvalue weighted by Gasteiger charge is 2.16. The van der Waals surface area contributed by atoms with Gasteiger partial charge in [-0.3, -0.25) is 9.59 Å². The van der Waals surface area contributed by atoms with E-state index >= 15 is 0 Å². The van der Waals surface area contributed by atoms with E-state index in [1.54, 1.807) is 36.4 Å². The van der Waals surface area contributed by atoms with Crippen LogP contribution in [0.2, 0.25) is 0 Å². The Kier molecular flexibility index (Phi) is 7.68. The lowest BCUT2D eigenvalue weighted by Crippen LogP contribution is -2.15. The van der Waals surface area contributed by atoms with Crippen LogP contribution >= 0.6 is 0 Å². The molecule has 2 rings (SSSR count). The summed E-state index contributed by atoms with van der Waals surface area (Å²) in [6.45, 7) is -0.339. The summed E-state index contributed by atoms with van der Waals surface area (Å²) in [4.78, 5) is 24.3. The maximum atomic E-state index is 12.2. The van der Waals surface area contributed by atoms with E-state index in [-0.39, 0.29) is 18.8 Å². The lowest BCUT2D eigenvalue weighted by molar-refractivity contribution is -0.142. The molecule has 0 aromatic heterocycles. The predicted molar refractivity (Wildman–Crippen MR) is 103 cm³/mol. The number of benzene rings is 2. The standard InChI is InChI=1S/C21H24O7/c1-24-17-8-6-5-7-15(17)16(22)13-28-20(23)10-9-14-11-18(25-2)21(27-4)19(12-14)26-3/h5-8,11-12H,9-10,13H2,1-4H3. The molecule has 0 aliphatic carbocycles. The van der Waals surface area contributed by atoms with E-state index in [1.807, 2.05) is 0 Å². The van der Waals surface area contributed by atoms with E-state index < -0.39 is 5.97 Å². The number of esters is 1. The number of ether oxygens (including phenoxy) is 5. The summed E-state index contributed by atoms with van der Waals surface area (Å²) in [5.41, 5.74) is 1.20. The van der Waals surface area contributed by atoms with Crippen molar-refractivity contribution in [2.45, 2.75) is 12.8 Å². The molecule has 0 bridgehead atoms. The van der Waals surface area contributed by atoms with E-state index in [1.165, 1.54) is 28.4 Å². The van der Waals surface area contributed by atoms with Crippen molar-refractivity contribution in [3.63, 3.8) is 0 Å². The van der Waals surface area contributed by atoms with E-state index in [2.05, 4.69) is 0 Å². The molecule has 0 aliphatic heterocycles. The fourth-order valence-corrected chi connectivity index (χ4v) is 2.70. The lowest BCUT2D eigenvalue weighted by atomic mass is 10.1. The van der Waals surface area contributed by atoms with E-state index in [0.717, 1.165) is 5.56 Å². The van der Waals surface area contributed by atoms with Gasteiger partial charge in [-0.2, -0.15) is 0 Å². The van der Waals surface area contributed by atoms with Crippen LogP contribution in [0.5, 0.6) is 23.0 Å². The highest BCUT2D eigenvalue weighted by molar-refractivity contribution is 6.00. The molecule has 150 valence electrons. The number of rotatable bonds is 10. The summed E-state index contributed by atoms with van der Waals surface area (Å²) in [5.74, 6) is 1.16. The molecule has 7 nitrogen and oxygen atoms in total. The predicted octanol–water partition coefficient (Wildman–Crippen LogP) is 3.08. The number of methoxy groups -OCH3 is 4. The van der Waals surface area contributed by atoms with Gasteiger partial charge >= 0.3 is 5.97 Å². The van der Waals surface area contributed by atoms with Crippen molar-refractivity contribution < 1.29 is 33.3 Å². The van der Waals surface area contributed by atoms with Crippen LogP contribution in [-0.2, 0) is 16.0 Å². The first kappa shape index (κ1) is 21.1. The minimum atomic E-state index is -0.475. The van der Waals surface area contributed by atoms with Gasteiger partial charge in [0.15, 0.2) is 18.1 Å². The molecule has 0 N–H and O–H groups in total. The van der Waals surface area contributed by atoms with Crippen molar-refractivity contribution in [1.29, 1.82) is 0 Å². The van der Waals surface area contributed by atoms with Crippen molar-refractivity contribution in [2.75, 3.05) is 35.0 Å². The van der Waals surface area contributed by atoms with Gasteiger partial charge in [0, 0.05) is 6.42 Å². The lowest BCUT2D eigenvalue weighted by Gasteiger charge is -2.14. The Balaban J connectivity index is 1.95. The normalized spacial score (nSPS) is 10.1. The summed E-state index contributed by atoms with van der Waals surface area (Å²) < 4.78 is 26.1. The van der Waals surface area contributed by atoms with Crippen molar-refractivity contribution in [3.05, 3.63) is 47.5 Å². The zero-order chi connectivity index (χ0) is 20.5. The molecule has 0 aliphatic rings. The number of hydrogen-bond donors (Lipinski definition) is 0. The average Bonchev–Trinajstić information content (AvgIpc) is 2.74. The molecular formula is C21H24O7. The first-order valence-corrected chi connectivity index (χ1v) is 8.64. The van der Waals surface area contributed by atoms with Gasteiger partial charge in [0.05, 0.1) is 34.0 Å². The molecule has 0 saturated heterocycles. The number of Topliss-reactive ketones (excluding diaryl/α,β-unsaturated/α-hetero) is 1. The summed E-state index contributed by atoms with van der Waals surface area (Å²) >= 11 is 0. The number of carbonyl (C=O) groups excluding carboxylic acids is 2. The Morgan fingerprint density at radius 2 is 1.43 bits per heavy atom. The summed E-state index contributed by atoms with van der Waals surface area (Å²) in [5, 5.41) is 0. The zero-order valence-corrected chi connectivity index (χ0v) is 16.4. The SMILES string of the molecule is COc1ccccc1C(=O)COC(=O)CCc1cc(OC)c(OC)c(OC)c1. The van der Waals surface area contributed by atoms with Gasteiger partial charge in [-0.25, -0.2) is 0 Å². The molecule has 28 heavy (non-hydrogen) atoms. The minimum Gasteiger partial charge on any atom is -0.496 e. The highest BCUT2D eigenvalue weighted by atomic mass is 16.5. The van der Waals surface area contributed by atoms with Gasteiger partial charge in [0.1, 0.15) is 5.75 Å². The first-order valence-electron chi connectivity index (χ1n) is 8.64. The molecule has 0 saturated carbocycles. The number of carbonyl (C=O) groups is 2. The van der Waals surface area contributed by atoms with Crippen LogP contribution in [0.1, 0.15) is 22.3 Å². The van der Waals surface area contributed by atoms with Gasteiger partial charge in [-0.05, 0) is 36.2 Å².